The lowest BCUT2D eigenvalue weighted by Crippen LogP contribution is -2.12. The molecule has 0 atom stereocenters. The summed E-state index contributed by atoms with van der Waals surface area (Å²) in [5.74, 6) is -1.28. The Labute approximate surface area is 130 Å². The molecule has 1 aromatic carbocycles. The van der Waals surface area contributed by atoms with Crippen LogP contribution in [0.25, 0.3) is 0 Å². The lowest BCUT2D eigenvalue weighted by Gasteiger charge is -2.10. The van der Waals surface area contributed by atoms with Gasteiger partial charge < -0.3 is 19.7 Å². The van der Waals surface area contributed by atoms with Gasteiger partial charge in [0, 0.05) is 0 Å². The molecular formula is C10H8I2O6. The van der Waals surface area contributed by atoms with Crippen molar-refractivity contribution >= 4 is 57.1 Å². The number of benzene rings is 1. The smallest absolute Gasteiger partial charge is 0.341 e. The molecule has 0 aliphatic carbocycles. The van der Waals surface area contributed by atoms with E-state index in [0.29, 0.717) is 18.6 Å². The van der Waals surface area contributed by atoms with E-state index in [9.17, 15) is 9.59 Å². The molecule has 8 heteroatoms. The summed E-state index contributed by atoms with van der Waals surface area (Å²) in [6.07, 6.45) is 0. The van der Waals surface area contributed by atoms with Crippen molar-refractivity contribution in [3.8, 4) is 11.5 Å². The maximum absolute atomic E-state index is 10.4. The van der Waals surface area contributed by atoms with Crippen LogP contribution in [0.3, 0.4) is 0 Å². The van der Waals surface area contributed by atoms with Crippen LogP contribution < -0.4 is 9.47 Å². The summed E-state index contributed by atoms with van der Waals surface area (Å²) in [4.78, 5) is 20.8. The van der Waals surface area contributed by atoms with Gasteiger partial charge in [-0.15, -0.1) is 0 Å². The largest absolute Gasteiger partial charge is 0.481 e. The second-order valence-electron chi connectivity index (χ2n) is 3.08. The van der Waals surface area contributed by atoms with Gasteiger partial charge in [-0.25, -0.2) is 9.59 Å². The van der Waals surface area contributed by atoms with Crippen molar-refractivity contribution in [3.05, 3.63) is 19.3 Å². The van der Waals surface area contributed by atoms with Crippen LogP contribution in [0, 0.1) is 7.14 Å². The molecular weight excluding hydrogens is 470 g/mol. The minimum absolute atomic E-state index is 0.421. The van der Waals surface area contributed by atoms with Crippen LogP contribution in [-0.2, 0) is 9.59 Å². The molecule has 0 spiro atoms. The van der Waals surface area contributed by atoms with Crippen LogP contribution in [0.2, 0.25) is 0 Å². The van der Waals surface area contributed by atoms with Crippen LogP contribution in [0.5, 0.6) is 11.5 Å². The number of hydrogen-bond acceptors (Lipinski definition) is 4. The first kappa shape index (κ1) is 15.3. The molecule has 6 nitrogen and oxygen atoms in total. The monoisotopic (exact) mass is 478 g/mol. The van der Waals surface area contributed by atoms with Gasteiger partial charge in [0.1, 0.15) is 11.5 Å². The van der Waals surface area contributed by atoms with Crippen LogP contribution in [-0.4, -0.2) is 35.4 Å². The summed E-state index contributed by atoms with van der Waals surface area (Å²) >= 11 is 3.92. The Morgan fingerprint density at radius 1 is 0.944 bits per heavy atom. The minimum Gasteiger partial charge on any atom is -0.481 e. The molecule has 0 amide bonds. The molecule has 0 aliphatic heterocycles. The number of rotatable bonds is 6. The van der Waals surface area contributed by atoms with Crippen molar-refractivity contribution in [3.63, 3.8) is 0 Å². The highest BCUT2D eigenvalue weighted by Gasteiger charge is 2.11. The van der Waals surface area contributed by atoms with Crippen molar-refractivity contribution in [1.82, 2.24) is 0 Å². The Balaban J connectivity index is 2.82. The van der Waals surface area contributed by atoms with Gasteiger partial charge in [-0.3, -0.25) is 0 Å². The van der Waals surface area contributed by atoms with Gasteiger partial charge in [-0.1, -0.05) is 0 Å². The summed E-state index contributed by atoms with van der Waals surface area (Å²) in [5.41, 5.74) is 0. The number of carboxylic acids is 2. The lowest BCUT2D eigenvalue weighted by molar-refractivity contribution is -0.140. The Bertz CT molecular complexity index is 430. The molecule has 1 aromatic rings. The SMILES string of the molecule is O=C(O)COc1cc(I)c(OCC(=O)O)cc1I. The fraction of sp³-hybridized carbons (Fsp3) is 0.200. The maximum Gasteiger partial charge on any atom is 0.341 e. The van der Waals surface area contributed by atoms with E-state index in [0.717, 1.165) is 0 Å². The van der Waals surface area contributed by atoms with E-state index in [2.05, 4.69) is 0 Å². The first-order valence-corrected chi connectivity index (χ1v) is 6.74. The molecule has 0 aliphatic rings. The number of halogens is 2. The van der Waals surface area contributed by atoms with Gasteiger partial charge in [0.15, 0.2) is 13.2 Å². The molecule has 0 saturated heterocycles. The fourth-order valence-electron chi connectivity index (χ4n) is 1.01. The number of hydrogen-bond donors (Lipinski definition) is 2. The molecule has 2 N–H and O–H groups in total. The van der Waals surface area contributed by atoms with Crippen molar-refractivity contribution in [2.45, 2.75) is 0 Å². The molecule has 98 valence electrons. The molecule has 0 radical (unpaired) electrons. The molecule has 1 rings (SSSR count). The number of carboxylic acid groups (broad SMARTS) is 2. The van der Waals surface area contributed by atoms with E-state index in [-0.39, 0.29) is 0 Å². The zero-order valence-corrected chi connectivity index (χ0v) is 13.2. The quantitative estimate of drug-likeness (QED) is 0.607. The van der Waals surface area contributed by atoms with E-state index in [1.54, 1.807) is 12.1 Å². The summed E-state index contributed by atoms with van der Waals surface area (Å²) in [7, 11) is 0. The molecule has 0 saturated carbocycles. The standard InChI is InChI=1S/C10H8I2O6/c11-5-1-7(17-3-9(13)14)6(12)2-8(5)18-4-10(15)16/h1-2H,3-4H2,(H,13,14)(H,15,16). The predicted octanol–water partition coefficient (Wildman–Crippen LogP) is 1.82. The third kappa shape index (κ3) is 4.84. The molecule has 0 unspecified atom stereocenters. The molecule has 0 heterocycles. The predicted molar refractivity (Wildman–Crippen MR) is 78.1 cm³/mol. The van der Waals surface area contributed by atoms with Crippen LogP contribution in [0.1, 0.15) is 0 Å². The van der Waals surface area contributed by atoms with Crippen molar-refractivity contribution in [1.29, 1.82) is 0 Å². The first-order chi connectivity index (χ1) is 8.40. The van der Waals surface area contributed by atoms with Gasteiger partial charge >= 0.3 is 11.9 Å². The lowest BCUT2D eigenvalue weighted by atomic mass is 10.3. The highest BCUT2D eigenvalue weighted by atomic mass is 127. The maximum atomic E-state index is 10.4. The Morgan fingerprint density at radius 2 is 1.28 bits per heavy atom. The van der Waals surface area contributed by atoms with E-state index >= 15 is 0 Å². The van der Waals surface area contributed by atoms with E-state index in [4.69, 9.17) is 19.7 Å². The van der Waals surface area contributed by atoms with Gasteiger partial charge in [-0.05, 0) is 57.3 Å². The Hall–Kier alpha value is -0.780. The highest BCUT2D eigenvalue weighted by Crippen LogP contribution is 2.31. The summed E-state index contributed by atoms with van der Waals surface area (Å²) in [6.45, 7) is -0.858. The normalized spacial score (nSPS) is 9.89. The Morgan fingerprint density at radius 3 is 1.56 bits per heavy atom. The van der Waals surface area contributed by atoms with Gasteiger partial charge in [0.05, 0.1) is 7.14 Å². The molecule has 0 fully saturated rings. The second-order valence-corrected chi connectivity index (χ2v) is 5.40. The summed E-state index contributed by atoms with van der Waals surface area (Å²) < 4.78 is 11.4. The average Bonchev–Trinajstić information content (AvgIpc) is 2.27. The first-order valence-electron chi connectivity index (χ1n) is 4.58. The second kappa shape index (κ2) is 6.97. The van der Waals surface area contributed by atoms with Gasteiger partial charge in [0.2, 0.25) is 0 Å². The highest BCUT2D eigenvalue weighted by molar-refractivity contribution is 14.1. The van der Waals surface area contributed by atoms with Crippen molar-refractivity contribution < 1.29 is 29.3 Å². The summed E-state index contributed by atoms with van der Waals surface area (Å²) in [6, 6.07) is 3.20. The third-order valence-electron chi connectivity index (χ3n) is 1.69. The fourth-order valence-corrected chi connectivity index (χ4v) is 2.20. The van der Waals surface area contributed by atoms with E-state index in [1.807, 2.05) is 45.2 Å². The topological polar surface area (TPSA) is 93.1 Å². The molecule has 18 heavy (non-hydrogen) atoms. The van der Waals surface area contributed by atoms with Crippen molar-refractivity contribution in [2.24, 2.45) is 0 Å². The summed E-state index contributed by atoms with van der Waals surface area (Å²) in [5, 5.41) is 17.0. The van der Waals surface area contributed by atoms with E-state index in [1.165, 1.54) is 0 Å². The van der Waals surface area contributed by atoms with Crippen LogP contribution >= 0.6 is 45.2 Å². The number of carbonyl (C=O) groups is 2. The minimum atomic E-state index is -1.06. The van der Waals surface area contributed by atoms with Gasteiger partial charge in [-0.2, -0.15) is 0 Å². The van der Waals surface area contributed by atoms with Crippen molar-refractivity contribution in [2.75, 3.05) is 13.2 Å². The molecule has 0 aromatic heterocycles. The van der Waals surface area contributed by atoms with Gasteiger partial charge in [0.25, 0.3) is 0 Å². The zero-order chi connectivity index (χ0) is 13.7. The van der Waals surface area contributed by atoms with E-state index < -0.39 is 25.2 Å². The Kier molecular flexibility index (Phi) is 5.91. The average molecular weight is 478 g/mol. The number of aliphatic carboxylic acids is 2. The number of ether oxygens (including phenoxy) is 2. The van der Waals surface area contributed by atoms with Crippen LogP contribution in [0.4, 0.5) is 0 Å². The molecule has 0 bridgehead atoms. The zero-order valence-electron chi connectivity index (χ0n) is 8.85. The third-order valence-corrected chi connectivity index (χ3v) is 3.37. The van der Waals surface area contributed by atoms with Crippen LogP contribution in [0.15, 0.2) is 12.1 Å².